The first-order valence-corrected chi connectivity index (χ1v) is 19.1. The first kappa shape index (κ1) is 30.3. The van der Waals surface area contributed by atoms with Gasteiger partial charge >= 0.3 is 0 Å². The van der Waals surface area contributed by atoms with Gasteiger partial charge in [-0.15, -0.1) is 11.3 Å². The summed E-state index contributed by atoms with van der Waals surface area (Å²) in [6.07, 6.45) is 0. The minimum Gasteiger partial charge on any atom is -0.456 e. The minimum absolute atomic E-state index is 0.602. The molecule has 4 heterocycles. The van der Waals surface area contributed by atoms with Crippen molar-refractivity contribution in [2.24, 2.45) is 0 Å². The molecule has 5 nitrogen and oxygen atoms in total. The van der Waals surface area contributed by atoms with Crippen molar-refractivity contribution in [3.8, 4) is 22.6 Å². The summed E-state index contributed by atoms with van der Waals surface area (Å²) in [6, 6.07) is 59.3. The van der Waals surface area contributed by atoms with Crippen molar-refractivity contribution in [3.63, 3.8) is 0 Å². The number of hydrogen-bond acceptors (Lipinski definition) is 6. The van der Waals surface area contributed by atoms with Crippen molar-refractivity contribution in [3.05, 3.63) is 170 Å². The topological polar surface area (TPSA) is 55.6 Å². The van der Waals surface area contributed by atoms with Crippen LogP contribution in [-0.4, -0.2) is 4.98 Å². The summed E-state index contributed by atoms with van der Waals surface area (Å²) in [5, 5.41) is 6.75. The molecule has 0 bridgehead atoms. The Morgan fingerprint density at radius 3 is 1.95 bits per heavy atom. The van der Waals surface area contributed by atoms with E-state index in [1.54, 1.807) is 0 Å². The highest BCUT2D eigenvalue weighted by Gasteiger charge is 2.19. The highest BCUT2D eigenvalue weighted by atomic mass is 32.1. The van der Waals surface area contributed by atoms with E-state index in [4.69, 9.17) is 18.2 Å². The zero-order valence-electron chi connectivity index (χ0n) is 29.2. The van der Waals surface area contributed by atoms with E-state index in [1.807, 2.05) is 65.9 Å². The van der Waals surface area contributed by atoms with Gasteiger partial charge in [0.25, 0.3) is 0 Å². The maximum atomic E-state index is 6.43. The predicted molar refractivity (Wildman–Crippen MR) is 227 cm³/mol. The van der Waals surface area contributed by atoms with Crippen LogP contribution >= 0.6 is 11.3 Å². The molecule has 0 N–H and O–H groups in total. The molecule has 0 aliphatic carbocycles. The number of hydrogen-bond donors (Lipinski definition) is 0. The Morgan fingerprint density at radius 1 is 0.382 bits per heavy atom. The van der Waals surface area contributed by atoms with Crippen LogP contribution in [0, 0.1) is 0 Å². The third-order valence-electron chi connectivity index (χ3n) is 10.7. The molecule has 0 aliphatic heterocycles. The first-order valence-electron chi connectivity index (χ1n) is 18.3. The number of aromatic nitrogens is 1. The first-order chi connectivity index (χ1) is 27.2. The van der Waals surface area contributed by atoms with Gasteiger partial charge in [-0.25, -0.2) is 4.98 Å². The quantitative estimate of drug-likeness (QED) is 0.177. The summed E-state index contributed by atoms with van der Waals surface area (Å²) >= 11 is 1.83. The molecule has 8 aromatic carbocycles. The second-order valence-corrected chi connectivity index (χ2v) is 15.0. The molecule has 0 radical (unpaired) electrons. The van der Waals surface area contributed by atoms with Gasteiger partial charge in [0.1, 0.15) is 27.8 Å². The Labute approximate surface area is 317 Å². The van der Waals surface area contributed by atoms with Crippen molar-refractivity contribution >= 4 is 104 Å². The maximum Gasteiger partial charge on any atom is 0.227 e. The molecule has 0 unspecified atom stereocenters. The lowest BCUT2D eigenvalue weighted by atomic mass is 10.0. The summed E-state index contributed by atoms with van der Waals surface area (Å²) < 4.78 is 21.4. The van der Waals surface area contributed by atoms with E-state index in [-0.39, 0.29) is 0 Å². The van der Waals surface area contributed by atoms with Crippen LogP contribution in [-0.2, 0) is 0 Å². The molecule has 0 aliphatic rings. The Balaban J connectivity index is 0.961. The molecule has 12 aromatic rings. The van der Waals surface area contributed by atoms with Crippen LogP contribution in [0.25, 0.3) is 97.7 Å². The van der Waals surface area contributed by atoms with E-state index in [0.717, 1.165) is 88.7 Å². The minimum atomic E-state index is 0.602. The van der Waals surface area contributed by atoms with Gasteiger partial charge < -0.3 is 18.2 Å². The average Bonchev–Trinajstić information content (AvgIpc) is 4.02. The zero-order chi connectivity index (χ0) is 36.0. The average molecular weight is 725 g/mol. The maximum absolute atomic E-state index is 6.43. The number of furan rings is 2. The van der Waals surface area contributed by atoms with E-state index < -0.39 is 0 Å². The Kier molecular flexibility index (Phi) is 6.44. The highest BCUT2D eigenvalue weighted by Crippen LogP contribution is 2.43. The largest absolute Gasteiger partial charge is 0.456 e. The second kappa shape index (κ2) is 11.7. The van der Waals surface area contributed by atoms with Crippen molar-refractivity contribution in [2.75, 3.05) is 4.90 Å². The predicted octanol–water partition coefficient (Wildman–Crippen LogP) is 14.8. The summed E-state index contributed by atoms with van der Waals surface area (Å²) in [4.78, 5) is 7.25. The number of fused-ring (bicyclic) bond motifs is 11. The van der Waals surface area contributed by atoms with Gasteiger partial charge in [0, 0.05) is 59.0 Å². The van der Waals surface area contributed by atoms with E-state index in [9.17, 15) is 0 Å². The van der Waals surface area contributed by atoms with Gasteiger partial charge in [-0.1, -0.05) is 78.9 Å². The second-order valence-electron chi connectivity index (χ2n) is 13.9. The lowest BCUT2D eigenvalue weighted by molar-refractivity contribution is 0.619. The molecule has 55 heavy (non-hydrogen) atoms. The molecule has 0 saturated carbocycles. The standard InChI is InChI=1S/C49H28N2O3S/c1-2-8-30(9-3-1)49-50-48-43(54-49)25-24-42-47(48)38-21-16-31(26-44(38)53-42)29-14-17-32(18-15-29)51(33-20-23-41-39(27-33)35-10-4-6-12-40(35)52-41)34-19-22-37-36-11-5-7-13-45(36)55-46(37)28-34/h1-28H. The number of thiophene rings is 1. The molecule has 0 saturated heterocycles. The third kappa shape index (κ3) is 4.75. The van der Waals surface area contributed by atoms with Gasteiger partial charge in [0.05, 0.1) is 5.39 Å². The van der Waals surface area contributed by atoms with Gasteiger partial charge in [-0.2, -0.15) is 0 Å². The number of oxazole rings is 1. The summed E-state index contributed by atoms with van der Waals surface area (Å²) in [7, 11) is 0. The zero-order valence-corrected chi connectivity index (χ0v) is 30.0. The third-order valence-corrected chi connectivity index (χ3v) is 11.8. The number of nitrogens with zero attached hydrogens (tertiary/aromatic N) is 2. The van der Waals surface area contributed by atoms with Crippen LogP contribution < -0.4 is 4.90 Å². The molecule has 6 heteroatoms. The van der Waals surface area contributed by atoms with E-state index in [2.05, 4.69) is 120 Å². The summed E-state index contributed by atoms with van der Waals surface area (Å²) in [5.41, 5.74) is 11.2. The lowest BCUT2D eigenvalue weighted by Crippen LogP contribution is -2.09. The van der Waals surface area contributed by atoms with E-state index in [0.29, 0.717) is 5.89 Å². The van der Waals surface area contributed by atoms with Crippen molar-refractivity contribution < 1.29 is 13.3 Å². The van der Waals surface area contributed by atoms with Crippen LogP contribution in [0.15, 0.2) is 183 Å². The fraction of sp³-hybridized carbons (Fsp3) is 0. The molecule has 0 amide bonds. The summed E-state index contributed by atoms with van der Waals surface area (Å²) in [5.74, 6) is 0.602. The summed E-state index contributed by atoms with van der Waals surface area (Å²) in [6.45, 7) is 0. The van der Waals surface area contributed by atoms with Gasteiger partial charge in [0.2, 0.25) is 5.89 Å². The molecule has 0 fully saturated rings. The monoisotopic (exact) mass is 724 g/mol. The van der Waals surface area contributed by atoms with Crippen LogP contribution in [0.2, 0.25) is 0 Å². The molecular formula is C49H28N2O3S. The molecule has 258 valence electrons. The smallest absolute Gasteiger partial charge is 0.227 e. The van der Waals surface area contributed by atoms with Crippen LogP contribution in [0.4, 0.5) is 17.1 Å². The van der Waals surface area contributed by atoms with Gasteiger partial charge in [0.15, 0.2) is 5.58 Å². The van der Waals surface area contributed by atoms with Crippen molar-refractivity contribution in [1.29, 1.82) is 0 Å². The number of benzene rings is 8. The van der Waals surface area contributed by atoms with E-state index >= 15 is 0 Å². The van der Waals surface area contributed by atoms with E-state index in [1.165, 1.54) is 20.2 Å². The van der Waals surface area contributed by atoms with Crippen LogP contribution in [0.5, 0.6) is 0 Å². The Bertz CT molecular complexity index is 3440. The molecular weight excluding hydrogens is 697 g/mol. The Morgan fingerprint density at radius 2 is 1.04 bits per heavy atom. The molecule has 0 spiro atoms. The van der Waals surface area contributed by atoms with Crippen LogP contribution in [0.3, 0.4) is 0 Å². The van der Waals surface area contributed by atoms with Crippen molar-refractivity contribution in [1.82, 2.24) is 4.98 Å². The normalized spacial score (nSPS) is 12.0. The molecule has 4 aromatic heterocycles. The molecule has 0 atom stereocenters. The highest BCUT2D eigenvalue weighted by molar-refractivity contribution is 7.25. The SMILES string of the molecule is c1ccc(-c2nc3c(ccc4oc5cc(-c6ccc(N(c7ccc8c(c7)sc7ccccc78)c7ccc8oc9ccccc9c8c7)cc6)ccc5c43)o2)cc1. The molecule has 12 rings (SSSR count). The van der Waals surface area contributed by atoms with Gasteiger partial charge in [-0.3, -0.25) is 0 Å². The lowest BCUT2D eigenvalue weighted by Gasteiger charge is -2.26. The van der Waals surface area contributed by atoms with Gasteiger partial charge in [-0.05, 0) is 102 Å². The fourth-order valence-electron chi connectivity index (χ4n) is 8.09. The number of rotatable bonds is 5. The van der Waals surface area contributed by atoms with Crippen molar-refractivity contribution in [2.45, 2.75) is 0 Å². The van der Waals surface area contributed by atoms with Crippen LogP contribution in [0.1, 0.15) is 0 Å². The number of para-hydroxylation sites is 1. The number of anilines is 3. The Hall–Kier alpha value is -7.15. The fourth-order valence-corrected chi connectivity index (χ4v) is 9.23.